The minimum Gasteiger partial charge on any atom is -0.497 e. The van der Waals surface area contributed by atoms with Crippen LogP contribution in [0.4, 0.5) is 5.69 Å². The third-order valence-electron chi connectivity index (χ3n) is 3.41. The van der Waals surface area contributed by atoms with Crippen molar-refractivity contribution in [3.05, 3.63) is 44.7 Å². The fourth-order valence-corrected chi connectivity index (χ4v) is 2.62. The van der Waals surface area contributed by atoms with Crippen molar-refractivity contribution >= 4 is 52.1 Å². The van der Waals surface area contributed by atoms with Crippen LogP contribution in [0.5, 0.6) is 11.5 Å². The molecule has 1 amide bonds. The number of rotatable bonds is 5. The number of nitrogens with two attached hydrogens (primary N) is 1. The average molecular weight is 418 g/mol. The van der Waals surface area contributed by atoms with Crippen LogP contribution in [0.3, 0.4) is 0 Å². The number of ether oxygens (including phenoxy) is 2. The van der Waals surface area contributed by atoms with E-state index in [0.717, 1.165) is 0 Å². The van der Waals surface area contributed by atoms with Crippen molar-refractivity contribution in [3.63, 3.8) is 0 Å². The number of nitrogens with zero attached hydrogens (tertiary/aromatic N) is 2. The minimum absolute atomic E-state index is 0.0177. The van der Waals surface area contributed by atoms with E-state index in [1.165, 1.54) is 7.11 Å². The first-order valence-electron chi connectivity index (χ1n) is 7.17. The Morgan fingerprint density at radius 1 is 1.19 bits per heavy atom. The Labute approximate surface area is 165 Å². The van der Waals surface area contributed by atoms with E-state index in [0.29, 0.717) is 22.8 Å². The zero-order valence-electron chi connectivity index (χ0n) is 14.1. The van der Waals surface area contributed by atoms with Gasteiger partial charge in [-0.3, -0.25) is 4.79 Å². The van der Waals surface area contributed by atoms with Crippen LogP contribution < -0.4 is 20.6 Å². The molecule has 10 heteroatoms. The molecule has 0 fully saturated rings. The lowest BCUT2D eigenvalue weighted by atomic mass is 10.1. The van der Waals surface area contributed by atoms with Crippen LogP contribution in [0.2, 0.25) is 15.2 Å². The highest BCUT2D eigenvalue weighted by molar-refractivity contribution is 6.46. The molecule has 1 aromatic heterocycles. The summed E-state index contributed by atoms with van der Waals surface area (Å²) < 4.78 is 10.5. The number of hydrogen-bond donors (Lipinski definition) is 2. The van der Waals surface area contributed by atoms with Crippen LogP contribution in [0.25, 0.3) is 0 Å². The topological polar surface area (TPSA) is 98.8 Å². The van der Waals surface area contributed by atoms with Gasteiger partial charge in [0, 0.05) is 11.6 Å². The van der Waals surface area contributed by atoms with E-state index in [4.69, 9.17) is 50.0 Å². The van der Waals surface area contributed by atoms with Gasteiger partial charge in [-0.25, -0.2) is 10.4 Å². The largest absolute Gasteiger partial charge is 0.497 e. The van der Waals surface area contributed by atoms with Gasteiger partial charge in [-0.2, -0.15) is 5.10 Å². The molecule has 1 aromatic carbocycles. The maximum Gasteiger partial charge on any atom is 0.291 e. The summed E-state index contributed by atoms with van der Waals surface area (Å²) in [5, 5.41) is 3.79. The van der Waals surface area contributed by atoms with Crippen molar-refractivity contribution in [1.29, 1.82) is 0 Å². The first-order chi connectivity index (χ1) is 12.3. The number of benzene rings is 1. The maximum absolute atomic E-state index is 12.3. The van der Waals surface area contributed by atoms with Gasteiger partial charge in [0.2, 0.25) is 0 Å². The number of aromatic nitrogens is 1. The smallest absolute Gasteiger partial charge is 0.291 e. The fourth-order valence-electron chi connectivity index (χ4n) is 2.03. The molecule has 0 saturated heterocycles. The van der Waals surface area contributed by atoms with Crippen LogP contribution >= 0.6 is 34.8 Å². The molecule has 138 valence electrons. The second kappa shape index (κ2) is 8.44. The number of carbonyl (C=O) groups excluding carboxylic acids is 1. The quantitative estimate of drug-likeness (QED) is 0.438. The average Bonchev–Trinajstić information content (AvgIpc) is 2.66. The van der Waals surface area contributed by atoms with Gasteiger partial charge in [-0.05, 0) is 19.1 Å². The predicted octanol–water partition coefficient (Wildman–Crippen LogP) is 3.80. The summed E-state index contributed by atoms with van der Waals surface area (Å²) in [6.07, 6.45) is 0. The lowest BCUT2D eigenvalue weighted by Gasteiger charge is -2.11. The SMILES string of the molecule is COc1ccc(/C(C)=N/NC(=O)c2nc(Cl)c(Cl)c(N)c2Cl)c(OC)c1. The van der Waals surface area contributed by atoms with Crippen molar-refractivity contribution in [3.8, 4) is 11.5 Å². The highest BCUT2D eigenvalue weighted by Crippen LogP contribution is 2.34. The molecule has 0 bridgehead atoms. The van der Waals surface area contributed by atoms with E-state index in [1.54, 1.807) is 32.2 Å². The summed E-state index contributed by atoms with van der Waals surface area (Å²) in [5.74, 6) is 0.478. The molecule has 2 aromatic rings. The Bertz CT molecular complexity index is 888. The molecule has 3 N–H and O–H groups in total. The standard InChI is InChI=1S/C16H15Cl3N4O3/c1-7(9-5-4-8(25-2)6-10(9)26-3)22-23-16(24)14-11(17)13(20)12(18)15(19)21-14/h4-6H,1-3H3,(H2,20,21)(H,23,24)/b22-7+. The number of anilines is 1. The zero-order chi connectivity index (χ0) is 19.4. The van der Waals surface area contributed by atoms with E-state index in [-0.39, 0.29) is 26.6 Å². The lowest BCUT2D eigenvalue weighted by Crippen LogP contribution is -2.21. The number of nitrogens with one attached hydrogen (secondary N) is 1. The highest BCUT2D eigenvalue weighted by Gasteiger charge is 2.19. The van der Waals surface area contributed by atoms with E-state index < -0.39 is 5.91 Å². The molecule has 0 radical (unpaired) electrons. The van der Waals surface area contributed by atoms with Gasteiger partial charge in [-0.15, -0.1) is 0 Å². The molecular weight excluding hydrogens is 403 g/mol. The molecule has 2 rings (SSSR count). The van der Waals surface area contributed by atoms with Crippen LogP contribution in [-0.4, -0.2) is 30.8 Å². The summed E-state index contributed by atoms with van der Waals surface area (Å²) in [4.78, 5) is 16.1. The number of hydrogen-bond acceptors (Lipinski definition) is 6. The molecule has 26 heavy (non-hydrogen) atoms. The Kier molecular flexibility index (Phi) is 6.52. The summed E-state index contributed by atoms with van der Waals surface area (Å²) in [6.45, 7) is 1.70. The lowest BCUT2D eigenvalue weighted by molar-refractivity contribution is 0.0950. The van der Waals surface area contributed by atoms with E-state index in [2.05, 4.69) is 15.5 Å². The Balaban J connectivity index is 2.28. The molecule has 0 aliphatic heterocycles. The first-order valence-corrected chi connectivity index (χ1v) is 8.30. The zero-order valence-corrected chi connectivity index (χ0v) is 16.3. The van der Waals surface area contributed by atoms with E-state index in [1.807, 2.05) is 0 Å². The van der Waals surface area contributed by atoms with Crippen molar-refractivity contribution < 1.29 is 14.3 Å². The monoisotopic (exact) mass is 416 g/mol. The van der Waals surface area contributed by atoms with Gasteiger partial charge in [-0.1, -0.05) is 34.8 Å². The molecular formula is C16H15Cl3N4O3. The van der Waals surface area contributed by atoms with Crippen LogP contribution in [-0.2, 0) is 0 Å². The normalized spacial score (nSPS) is 11.2. The number of halogens is 3. The van der Waals surface area contributed by atoms with Crippen LogP contribution in [0.15, 0.2) is 23.3 Å². The van der Waals surface area contributed by atoms with Crippen molar-refractivity contribution in [2.24, 2.45) is 5.10 Å². The molecule has 0 atom stereocenters. The number of hydrazone groups is 1. The third-order valence-corrected chi connectivity index (χ3v) is 4.55. The fraction of sp³-hybridized carbons (Fsp3) is 0.188. The number of carbonyl (C=O) groups is 1. The second-order valence-corrected chi connectivity index (χ2v) is 6.11. The number of nitrogen functional groups attached to an aromatic ring is 1. The molecule has 0 spiro atoms. The van der Waals surface area contributed by atoms with Gasteiger partial charge < -0.3 is 15.2 Å². The Morgan fingerprint density at radius 3 is 2.50 bits per heavy atom. The molecule has 0 aliphatic rings. The summed E-state index contributed by atoms with van der Waals surface area (Å²) >= 11 is 17.7. The van der Waals surface area contributed by atoms with Gasteiger partial charge in [0.1, 0.15) is 16.5 Å². The molecule has 0 saturated carbocycles. The van der Waals surface area contributed by atoms with E-state index in [9.17, 15) is 4.79 Å². The van der Waals surface area contributed by atoms with E-state index >= 15 is 0 Å². The molecule has 0 unspecified atom stereocenters. The number of amides is 1. The molecule has 7 nitrogen and oxygen atoms in total. The van der Waals surface area contributed by atoms with Crippen molar-refractivity contribution in [2.45, 2.75) is 6.92 Å². The summed E-state index contributed by atoms with van der Waals surface area (Å²) in [5.41, 5.74) is 8.99. The number of pyridine rings is 1. The van der Waals surface area contributed by atoms with Gasteiger partial charge in [0.25, 0.3) is 5.91 Å². The second-order valence-electron chi connectivity index (χ2n) is 5.00. The number of methoxy groups -OCH3 is 2. The Hall–Kier alpha value is -2.22. The van der Waals surface area contributed by atoms with Crippen LogP contribution in [0, 0.1) is 0 Å². The molecule has 1 heterocycles. The third kappa shape index (κ3) is 4.12. The summed E-state index contributed by atoms with van der Waals surface area (Å²) in [6, 6.07) is 5.20. The highest BCUT2D eigenvalue weighted by atomic mass is 35.5. The Morgan fingerprint density at radius 2 is 1.88 bits per heavy atom. The molecule has 0 aliphatic carbocycles. The van der Waals surface area contributed by atoms with Gasteiger partial charge in [0.05, 0.1) is 30.6 Å². The first kappa shape index (κ1) is 20.1. The van der Waals surface area contributed by atoms with Gasteiger partial charge >= 0.3 is 0 Å². The predicted molar refractivity (Wildman–Crippen MR) is 103 cm³/mol. The van der Waals surface area contributed by atoms with Crippen molar-refractivity contribution in [1.82, 2.24) is 10.4 Å². The van der Waals surface area contributed by atoms with Crippen LogP contribution in [0.1, 0.15) is 23.0 Å². The maximum atomic E-state index is 12.3. The summed E-state index contributed by atoms with van der Waals surface area (Å²) in [7, 11) is 3.07. The minimum atomic E-state index is -0.688. The van der Waals surface area contributed by atoms with Crippen molar-refractivity contribution in [2.75, 3.05) is 20.0 Å². The van der Waals surface area contributed by atoms with Gasteiger partial charge in [0.15, 0.2) is 10.8 Å².